The zero-order valence-electron chi connectivity index (χ0n) is 16.7. The summed E-state index contributed by atoms with van der Waals surface area (Å²) >= 11 is 0. The molecular weight excluding hydrogens is 435 g/mol. The molecule has 0 aliphatic carbocycles. The Morgan fingerprint density at radius 1 is 1.16 bits per heavy atom. The minimum Gasteiger partial charge on any atom is -0.493 e. The molecule has 2 aliphatic heterocycles. The van der Waals surface area contributed by atoms with E-state index in [4.69, 9.17) is 9.47 Å². The topological polar surface area (TPSA) is 59.9 Å². The molecule has 5 nitrogen and oxygen atoms in total. The molecule has 4 rings (SSSR count). The lowest BCUT2D eigenvalue weighted by molar-refractivity contribution is -0.141. The van der Waals surface area contributed by atoms with Crippen LogP contribution in [-0.2, 0) is 17.6 Å². The zero-order valence-corrected chi connectivity index (χ0v) is 16.7. The van der Waals surface area contributed by atoms with Crippen molar-refractivity contribution in [2.24, 2.45) is 4.99 Å². The number of benzene rings is 2. The minimum absolute atomic E-state index is 0.00334. The number of fused-ring (bicyclic) bond motifs is 1. The summed E-state index contributed by atoms with van der Waals surface area (Å²) in [5, 5.41) is 2.64. The maximum atomic E-state index is 15.0. The van der Waals surface area contributed by atoms with Gasteiger partial charge in [0.1, 0.15) is 24.1 Å². The van der Waals surface area contributed by atoms with Gasteiger partial charge in [0.05, 0.1) is 19.2 Å². The second-order valence-electron chi connectivity index (χ2n) is 7.24. The van der Waals surface area contributed by atoms with E-state index in [1.165, 1.54) is 13.2 Å². The van der Waals surface area contributed by atoms with E-state index in [0.29, 0.717) is 24.0 Å². The van der Waals surface area contributed by atoms with Crippen LogP contribution in [0.1, 0.15) is 29.0 Å². The number of carbonyl (C=O) groups excluding carboxylic acids is 1. The van der Waals surface area contributed by atoms with Crippen molar-refractivity contribution in [1.29, 1.82) is 0 Å². The van der Waals surface area contributed by atoms with Gasteiger partial charge in [0.25, 0.3) is 0 Å². The van der Waals surface area contributed by atoms with Gasteiger partial charge < -0.3 is 14.8 Å². The van der Waals surface area contributed by atoms with Crippen LogP contribution in [0, 0.1) is 11.6 Å². The second kappa shape index (κ2) is 8.25. The Labute approximate surface area is 179 Å². The number of piperidine rings is 1. The highest BCUT2D eigenvalue weighted by Crippen LogP contribution is 2.40. The third-order valence-electron chi connectivity index (χ3n) is 5.28. The number of carbonyl (C=O) groups is 1. The Morgan fingerprint density at radius 2 is 1.94 bits per heavy atom. The third-order valence-corrected chi connectivity index (χ3v) is 5.28. The Balaban J connectivity index is 1.64. The predicted molar refractivity (Wildman–Crippen MR) is 105 cm³/mol. The van der Waals surface area contributed by atoms with E-state index in [0.717, 1.165) is 18.2 Å². The van der Waals surface area contributed by atoms with Gasteiger partial charge in [-0.1, -0.05) is 18.2 Å². The van der Waals surface area contributed by atoms with Crippen molar-refractivity contribution in [3.05, 3.63) is 70.3 Å². The van der Waals surface area contributed by atoms with E-state index in [9.17, 15) is 22.4 Å². The van der Waals surface area contributed by atoms with Crippen molar-refractivity contribution in [3.8, 4) is 11.5 Å². The van der Waals surface area contributed by atoms with Crippen LogP contribution < -0.4 is 14.8 Å². The number of ether oxygens (including phenoxy) is 2. The van der Waals surface area contributed by atoms with Crippen LogP contribution in [0.3, 0.4) is 0 Å². The van der Waals surface area contributed by atoms with E-state index in [-0.39, 0.29) is 29.4 Å². The SMILES string of the molecule is COc1cc(C2CC(=O)NC3=NCC=C32)c(F)cc1OCc1cccc(F)c1C(F)(F)F. The molecule has 1 amide bonds. The van der Waals surface area contributed by atoms with E-state index >= 15 is 4.39 Å². The van der Waals surface area contributed by atoms with Gasteiger partial charge in [0.15, 0.2) is 11.5 Å². The first-order valence-corrected chi connectivity index (χ1v) is 9.58. The summed E-state index contributed by atoms with van der Waals surface area (Å²) in [5.41, 5.74) is -1.02. The molecule has 32 heavy (non-hydrogen) atoms. The fourth-order valence-corrected chi connectivity index (χ4v) is 3.85. The van der Waals surface area contributed by atoms with Crippen molar-refractivity contribution in [3.63, 3.8) is 0 Å². The molecule has 0 radical (unpaired) electrons. The fourth-order valence-electron chi connectivity index (χ4n) is 3.85. The number of nitrogens with zero attached hydrogens (tertiary/aromatic N) is 1. The number of hydrogen-bond donors (Lipinski definition) is 1. The first kappa shape index (κ1) is 21.8. The van der Waals surface area contributed by atoms with Gasteiger partial charge in [0, 0.05) is 29.5 Å². The molecule has 2 aliphatic rings. The average molecular weight is 452 g/mol. The number of halogens is 5. The maximum absolute atomic E-state index is 15.0. The summed E-state index contributed by atoms with van der Waals surface area (Å²) in [7, 11) is 1.29. The van der Waals surface area contributed by atoms with Gasteiger partial charge in [-0.05, 0) is 17.7 Å². The minimum atomic E-state index is -4.92. The second-order valence-corrected chi connectivity index (χ2v) is 7.24. The van der Waals surface area contributed by atoms with Crippen molar-refractivity contribution in [2.75, 3.05) is 13.7 Å². The van der Waals surface area contributed by atoms with Gasteiger partial charge >= 0.3 is 6.18 Å². The molecule has 10 heteroatoms. The van der Waals surface area contributed by atoms with Crippen molar-refractivity contribution in [2.45, 2.75) is 25.1 Å². The van der Waals surface area contributed by atoms with Crippen LogP contribution in [0.15, 0.2) is 47.0 Å². The van der Waals surface area contributed by atoms with Gasteiger partial charge in [-0.2, -0.15) is 13.2 Å². The first-order valence-electron chi connectivity index (χ1n) is 9.58. The fraction of sp³-hybridized carbons (Fsp3) is 0.273. The molecule has 1 N–H and O–H groups in total. The van der Waals surface area contributed by atoms with Crippen LogP contribution in [0.5, 0.6) is 11.5 Å². The third kappa shape index (κ3) is 4.04. The normalized spacial score (nSPS) is 17.9. The van der Waals surface area contributed by atoms with E-state index in [1.807, 2.05) is 0 Å². The van der Waals surface area contributed by atoms with E-state index in [2.05, 4.69) is 10.3 Å². The monoisotopic (exact) mass is 452 g/mol. The summed E-state index contributed by atoms with van der Waals surface area (Å²) in [6, 6.07) is 5.25. The van der Waals surface area contributed by atoms with E-state index in [1.54, 1.807) is 6.08 Å². The number of amidine groups is 1. The van der Waals surface area contributed by atoms with Crippen LogP contribution in [0.2, 0.25) is 0 Å². The number of hydrogen-bond acceptors (Lipinski definition) is 4. The smallest absolute Gasteiger partial charge is 0.419 e. The Kier molecular flexibility index (Phi) is 5.62. The van der Waals surface area contributed by atoms with Crippen LogP contribution in [0.4, 0.5) is 22.0 Å². The van der Waals surface area contributed by atoms with Crippen molar-refractivity contribution >= 4 is 11.7 Å². The lowest BCUT2D eigenvalue weighted by atomic mass is 9.84. The number of amides is 1. The number of aliphatic imine (C=N–C) groups is 1. The molecule has 2 aromatic carbocycles. The molecule has 0 aromatic heterocycles. The maximum Gasteiger partial charge on any atom is 0.419 e. The highest BCUT2D eigenvalue weighted by atomic mass is 19.4. The quantitative estimate of drug-likeness (QED) is 0.679. The van der Waals surface area contributed by atoms with E-state index < -0.39 is 41.5 Å². The average Bonchev–Trinajstić information content (AvgIpc) is 3.19. The summed E-state index contributed by atoms with van der Waals surface area (Å²) in [6.45, 7) is -0.286. The molecule has 0 saturated carbocycles. The summed E-state index contributed by atoms with van der Waals surface area (Å²) in [5.74, 6) is -2.73. The van der Waals surface area contributed by atoms with Crippen molar-refractivity contribution in [1.82, 2.24) is 5.32 Å². The molecule has 1 fully saturated rings. The molecular formula is C22H17F5N2O3. The van der Waals surface area contributed by atoms with Crippen LogP contribution in [-0.4, -0.2) is 25.4 Å². The number of methoxy groups -OCH3 is 1. The van der Waals surface area contributed by atoms with Crippen molar-refractivity contribution < 1.29 is 36.2 Å². The highest BCUT2D eigenvalue weighted by molar-refractivity contribution is 6.12. The van der Waals surface area contributed by atoms with Gasteiger partial charge in [0.2, 0.25) is 5.91 Å². The number of nitrogens with one attached hydrogen (secondary N) is 1. The van der Waals surface area contributed by atoms with Crippen LogP contribution in [0.25, 0.3) is 0 Å². The molecule has 1 saturated heterocycles. The molecule has 0 bridgehead atoms. The largest absolute Gasteiger partial charge is 0.493 e. The van der Waals surface area contributed by atoms with Crippen LogP contribution >= 0.6 is 0 Å². The first-order chi connectivity index (χ1) is 15.2. The lowest BCUT2D eigenvalue weighted by Gasteiger charge is -2.26. The molecule has 168 valence electrons. The standard InChI is InChI=1S/C22H17F5N2O3/c1-31-17-7-14(13-8-19(30)29-21-12(13)5-6-28-21)16(24)9-18(17)32-10-11-3-2-4-15(23)20(11)22(25,26)27/h2-5,7,9,13H,6,8,10H2,1H3,(H,28,29,30). The number of rotatable bonds is 5. The summed E-state index contributed by atoms with van der Waals surface area (Å²) in [6.07, 6.45) is -3.12. The summed E-state index contributed by atoms with van der Waals surface area (Å²) in [4.78, 5) is 16.2. The molecule has 1 unspecified atom stereocenters. The van der Waals surface area contributed by atoms with Gasteiger partial charge in [-0.15, -0.1) is 0 Å². The van der Waals surface area contributed by atoms with Gasteiger partial charge in [-0.25, -0.2) is 8.78 Å². The van der Waals surface area contributed by atoms with Gasteiger partial charge in [-0.3, -0.25) is 9.79 Å². The predicted octanol–water partition coefficient (Wildman–Crippen LogP) is 4.51. The molecule has 1 atom stereocenters. The molecule has 2 aromatic rings. The Bertz CT molecular complexity index is 1140. The lowest BCUT2D eigenvalue weighted by Crippen LogP contribution is -2.39. The Morgan fingerprint density at radius 3 is 2.66 bits per heavy atom. The Hall–Kier alpha value is -3.43. The molecule has 2 heterocycles. The number of alkyl halides is 3. The molecule has 0 spiro atoms. The zero-order chi connectivity index (χ0) is 23.0. The summed E-state index contributed by atoms with van der Waals surface area (Å²) < 4.78 is 79.1. The highest BCUT2D eigenvalue weighted by Gasteiger charge is 2.37.